The number of nitrogens with zero attached hydrogens (tertiary/aromatic N) is 2. The van der Waals surface area contributed by atoms with E-state index in [9.17, 15) is 4.79 Å². The Morgan fingerprint density at radius 1 is 1.10 bits per heavy atom. The third-order valence-corrected chi connectivity index (χ3v) is 3.42. The van der Waals surface area contributed by atoms with Gasteiger partial charge in [0, 0.05) is 23.5 Å². The standard InChI is InChI=1S/C16H12N2O2/c17-18-10-11(19)9-14-12-5-1-3-7-15(12)20-16-8-4-2-6-13(14)16/h1-8,10,14H,9H2. The summed E-state index contributed by atoms with van der Waals surface area (Å²) in [5.74, 6) is 1.24. The predicted molar refractivity (Wildman–Crippen MR) is 74.1 cm³/mol. The lowest BCUT2D eigenvalue weighted by Gasteiger charge is -2.27. The quantitative estimate of drug-likeness (QED) is 0.485. The number of para-hydroxylation sites is 2. The Balaban J connectivity index is 2.07. The van der Waals surface area contributed by atoms with Gasteiger partial charge in [-0.25, -0.2) is 0 Å². The van der Waals surface area contributed by atoms with Crippen LogP contribution in [0.5, 0.6) is 11.5 Å². The van der Waals surface area contributed by atoms with Crippen LogP contribution in [0.15, 0.2) is 48.5 Å². The van der Waals surface area contributed by atoms with E-state index in [1.54, 1.807) is 0 Å². The van der Waals surface area contributed by atoms with E-state index in [1.807, 2.05) is 48.5 Å². The molecule has 0 aromatic heterocycles. The number of carbonyl (C=O) groups excluding carboxylic acids is 1. The number of ether oxygens (including phenoxy) is 1. The van der Waals surface area contributed by atoms with Gasteiger partial charge in [-0.3, -0.25) is 4.79 Å². The van der Waals surface area contributed by atoms with Crippen LogP contribution in [0.25, 0.3) is 5.53 Å². The molecule has 0 amide bonds. The molecule has 4 nitrogen and oxygen atoms in total. The summed E-state index contributed by atoms with van der Waals surface area (Å²) in [4.78, 5) is 14.6. The Kier molecular flexibility index (Phi) is 3.15. The Bertz CT molecular complexity index is 672. The average Bonchev–Trinajstić information content (AvgIpc) is 2.47. The highest BCUT2D eigenvalue weighted by molar-refractivity contribution is 6.25. The topological polar surface area (TPSA) is 62.7 Å². The lowest BCUT2D eigenvalue weighted by atomic mass is 9.84. The molecule has 0 bridgehead atoms. The highest BCUT2D eigenvalue weighted by Crippen LogP contribution is 2.45. The molecule has 0 spiro atoms. The van der Waals surface area contributed by atoms with Gasteiger partial charge >= 0.3 is 6.21 Å². The SMILES string of the molecule is [N-]=[N+]=CC(=O)CC1c2ccccc2Oc2ccccc21. The Morgan fingerprint density at radius 3 is 2.20 bits per heavy atom. The lowest BCUT2D eigenvalue weighted by molar-refractivity contribution is -0.116. The summed E-state index contributed by atoms with van der Waals surface area (Å²) in [5.41, 5.74) is 10.4. The number of Topliss-reactive ketones (excluding diaryl/α,β-unsaturated/α-hetero) is 1. The summed E-state index contributed by atoms with van der Waals surface area (Å²) >= 11 is 0. The normalized spacial score (nSPS) is 12.6. The molecule has 0 atom stereocenters. The van der Waals surface area contributed by atoms with E-state index in [2.05, 4.69) is 4.79 Å². The summed E-state index contributed by atoms with van der Waals surface area (Å²) in [5, 5.41) is 0. The predicted octanol–water partition coefficient (Wildman–Crippen LogP) is 3.18. The summed E-state index contributed by atoms with van der Waals surface area (Å²) in [7, 11) is 0. The zero-order chi connectivity index (χ0) is 13.9. The van der Waals surface area contributed by atoms with Crippen molar-refractivity contribution >= 4 is 12.0 Å². The summed E-state index contributed by atoms with van der Waals surface area (Å²) in [6.07, 6.45) is 1.20. The molecule has 0 aliphatic carbocycles. The molecule has 1 aliphatic heterocycles. The molecule has 2 aromatic carbocycles. The van der Waals surface area contributed by atoms with Gasteiger partial charge in [0.2, 0.25) is 5.78 Å². The number of hydrogen-bond acceptors (Lipinski definition) is 2. The van der Waals surface area contributed by atoms with Crippen LogP contribution < -0.4 is 4.74 Å². The fraction of sp³-hybridized carbons (Fsp3) is 0.125. The minimum Gasteiger partial charge on any atom is -0.457 e. The fourth-order valence-electron chi connectivity index (χ4n) is 2.55. The molecule has 4 heteroatoms. The van der Waals surface area contributed by atoms with E-state index in [0.717, 1.165) is 28.8 Å². The smallest absolute Gasteiger partial charge is 0.323 e. The van der Waals surface area contributed by atoms with Gasteiger partial charge in [-0.1, -0.05) is 36.4 Å². The number of benzene rings is 2. The first kappa shape index (κ1) is 12.3. The maximum Gasteiger partial charge on any atom is 0.323 e. The third kappa shape index (κ3) is 2.13. The van der Waals surface area contributed by atoms with Gasteiger partial charge in [0.15, 0.2) is 0 Å². The molecule has 0 saturated carbocycles. The number of rotatable bonds is 3. The first-order chi connectivity index (χ1) is 9.79. The van der Waals surface area contributed by atoms with Gasteiger partial charge in [-0.2, -0.15) is 4.79 Å². The summed E-state index contributed by atoms with van der Waals surface area (Å²) in [6.45, 7) is 0. The number of carbonyl (C=O) groups is 1. The molecular weight excluding hydrogens is 252 g/mol. The minimum atomic E-state index is -0.219. The summed E-state index contributed by atoms with van der Waals surface area (Å²) in [6, 6.07) is 15.4. The van der Waals surface area contributed by atoms with Crippen LogP contribution >= 0.6 is 0 Å². The minimum absolute atomic E-state index is 0.0818. The summed E-state index contributed by atoms with van der Waals surface area (Å²) < 4.78 is 5.85. The zero-order valence-electron chi connectivity index (χ0n) is 10.7. The van der Waals surface area contributed by atoms with Gasteiger partial charge in [-0.05, 0) is 12.1 Å². The van der Waals surface area contributed by atoms with Crippen molar-refractivity contribution in [3.63, 3.8) is 0 Å². The second-order valence-electron chi connectivity index (χ2n) is 4.65. The lowest BCUT2D eigenvalue weighted by Crippen LogP contribution is -2.14. The molecule has 0 unspecified atom stereocenters. The number of ketones is 1. The van der Waals surface area contributed by atoms with Crippen LogP contribution in [0, 0.1) is 0 Å². The average molecular weight is 264 g/mol. The van der Waals surface area contributed by atoms with Crippen LogP contribution in [0.2, 0.25) is 0 Å². The monoisotopic (exact) mass is 264 g/mol. The number of hydrogen-bond donors (Lipinski definition) is 0. The Morgan fingerprint density at radius 2 is 1.65 bits per heavy atom. The maximum absolute atomic E-state index is 11.8. The molecule has 0 saturated heterocycles. The Labute approximate surface area is 116 Å². The molecule has 20 heavy (non-hydrogen) atoms. The molecule has 1 aliphatic rings. The van der Waals surface area contributed by atoms with Crippen LogP contribution in [0.1, 0.15) is 23.5 Å². The van der Waals surface area contributed by atoms with Crippen molar-refractivity contribution in [3.8, 4) is 11.5 Å². The van der Waals surface area contributed by atoms with E-state index < -0.39 is 0 Å². The Hall–Kier alpha value is -2.71. The zero-order valence-corrected chi connectivity index (χ0v) is 10.7. The van der Waals surface area contributed by atoms with Gasteiger partial charge in [0.25, 0.3) is 0 Å². The molecule has 1 heterocycles. The van der Waals surface area contributed by atoms with Crippen molar-refractivity contribution in [1.82, 2.24) is 0 Å². The molecule has 0 fully saturated rings. The third-order valence-electron chi connectivity index (χ3n) is 3.42. The van der Waals surface area contributed by atoms with Crippen molar-refractivity contribution < 1.29 is 14.3 Å². The van der Waals surface area contributed by atoms with Crippen molar-refractivity contribution in [2.45, 2.75) is 12.3 Å². The van der Waals surface area contributed by atoms with Crippen molar-refractivity contribution in [2.24, 2.45) is 0 Å². The second-order valence-corrected chi connectivity index (χ2v) is 4.65. The van der Waals surface area contributed by atoms with Gasteiger partial charge < -0.3 is 10.3 Å². The van der Waals surface area contributed by atoms with E-state index >= 15 is 0 Å². The van der Waals surface area contributed by atoms with Crippen LogP contribution in [0.3, 0.4) is 0 Å². The molecule has 0 radical (unpaired) electrons. The molecular formula is C16H12N2O2. The molecule has 98 valence electrons. The van der Waals surface area contributed by atoms with Gasteiger partial charge in [0.1, 0.15) is 11.5 Å². The van der Waals surface area contributed by atoms with Gasteiger partial charge in [-0.15, -0.1) is 0 Å². The highest BCUT2D eigenvalue weighted by atomic mass is 16.5. The number of fused-ring (bicyclic) bond motifs is 2. The van der Waals surface area contributed by atoms with Gasteiger partial charge in [0.05, 0.1) is 0 Å². The van der Waals surface area contributed by atoms with Crippen LogP contribution in [0.4, 0.5) is 0 Å². The molecule has 3 rings (SSSR count). The van der Waals surface area contributed by atoms with E-state index in [1.165, 1.54) is 0 Å². The fourth-order valence-corrected chi connectivity index (χ4v) is 2.55. The van der Waals surface area contributed by atoms with Crippen LogP contribution in [-0.2, 0) is 4.79 Å². The van der Waals surface area contributed by atoms with Crippen LogP contribution in [-0.4, -0.2) is 16.8 Å². The van der Waals surface area contributed by atoms with E-state index in [-0.39, 0.29) is 18.1 Å². The highest BCUT2D eigenvalue weighted by Gasteiger charge is 2.28. The molecule has 2 aromatic rings. The van der Waals surface area contributed by atoms with Crippen molar-refractivity contribution in [3.05, 3.63) is 65.2 Å². The van der Waals surface area contributed by atoms with Crippen molar-refractivity contribution in [1.29, 1.82) is 0 Å². The van der Waals surface area contributed by atoms with E-state index in [0.29, 0.717) is 0 Å². The first-order valence-electron chi connectivity index (χ1n) is 6.35. The largest absolute Gasteiger partial charge is 0.457 e. The maximum atomic E-state index is 11.8. The van der Waals surface area contributed by atoms with Crippen molar-refractivity contribution in [2.75, 3.05) is 0 Å². The second kappa shape index (κ2) is 5.11. The van der Waals surface area contributed by atoms with E-state index in [4.69, 9.17) is 10.3 Å². The molecule has 0 N–H and O–H groups in total. The first-order valence-corrected chi connectivity index (χ1v) is 6.35.